The fourth-order valence-electron chi connectivity index (χ4n) is 4.07. The summed E-state index contributed by atoms with van der Waals surface area (Å²) < 4.78 is 16.5. The number of rotatable bonds is 3. The van der Waals surface area contributed by atoms with E-state index in [1.807, 2.05) is 4.57 Å². The van der Waals surface area contributed by atoms with E-state index in [0.29, 0.717) is 17.1 Å². The number of aromatic nitrogens is 3. The Morgan fingerprint density at radius 2 is 1.88 bits per heavy atom. The van der Waals surface area contributed by atoms with Crippen molar-refractivity contribution in [2.45, 2.75) is 64.3 Å². The molecule has 138 valence electrons. The summed E-state index contributed by atoms with van der Waals surface area (Å²) in [7, 11) is 0. The van der Waals surface area contributed by atoms with Gasteiger partial charge in [0.05, 0.1) is 5.56 Å². The summed E-state index contributed by atoms with van der Waals surface area (Å²) in [5.41, 5.74) is 1.04. The Labute approximate surface area is 153 Å². The minimum Gasteiger partial charge on any atom is -0.326 e. The Morgan fingerprint density at radius 3 is 2.73 bits per heavy atom. The highest BCUT2D eigenvalue weighted by molar-refractivity contribution is 5.93. The molecule has 0 unspecified atom stereocenters. The molecule has 0 radical (unpaired) electrons. The van der Waals surface area contributed by atoms with E-state index in [-0.39, 0.29) is 17.6 Å². The van der Waals surface area contributed by atoms with Crippen molar-refractivity contribution >= 4 is 11.6 Å². The van der Waals surface area contributed by atoms with Crippen LogP contribution in [-0.2, 0) is 17.8 Å². The molecule has 1 saturated carbocycles. The van der Waals surface area contributed by atoms with Crippen molar-refractivity contribution in [1.29, 1.82) is 0 Å². The third-order valence-electron chi connectivity index (χ3n) is 5.56. The fraction of sp³-hybridized carbons (Fsp3) is 0.550. The van der Waals surface area contributed by atoms with Gasteiger partial charge in [0.2, 0.25) is 5.91 Å². The van der Waals surface area contributed by atoms with Gasteiger partial charge in [0.1, 0.15) is 11.6 Å². The molecule has 1 aromatic heterocycles. The average molecular weight is 356 g/mol. The van der Waals surface area contributed by atoms with Gasteiger partial charge in [-0.3, -0.25) is 4.79 Å². The molecular formula is C20H25FN4O. The monoisotopic (exact) mass is 356 g/mol. The van der Waals surface area contributed by atoms with Crippen LogP contribution < -0.4 is 5.32 Å². The van der Waals surface area contributed by atoms with Crippen molar-refractivity contribution in [2.24, 2.45) is 5.92 Å². The quantitative estimate of drug-likeness (QED) is 0.890. The first-order chi connectivity index (χ1) is 12.7. The third-order valence-corrected chi connectivity index (χ3v) is 5.56. The number of carbonyl (C=O) groups is 1. The van der Waals surface area contributed by atoms with E-state index in [9.17, 15) is 9.18 Å². The number of aryl methyl sites for hydroxylation is 1. The predicted octanol–water partition coefficient (Wildman–Crippen LogP) is 4.33. The highest BCUT2D eigenvalue weighted by Crippen LogP contribution is 2.29. The zero-order valence-electron chi connectivity index (χ0n) is 15.0. The van der Waals surface area contributed by atoms with Crippen molar-refractivity contribution in [3.8, 4) is 11.4 Å². The van der Waals surface area contributed by atoms with Gasteiger partial charge in [0.15, 0.2) is 5.82 Å². The number of amides is 1. The van der Waals surface area contributed by atoms with Gasteiger partial charge >= 0.3 is 0 Å². The molecule has 1 N–H and O–H groups in total. The molecule has 1 aromatic carbocycles. The summed E-state index contributed by atoms with van der Waals surface area (Å²) in [5.74, 6) is 1.27. The van der Waals surface area contributed by atoms with Crippen LogP contribution in [0.4, 0.5) is 10.1 Å². The smallest absolute Gasteiger partial charge is 0.227 e. The van der Waals surface area contributed by atoms with E-state index in [0.717, 1.165) is 63.7 Å². The molecule has 0 atom stereocenters. The Morgan fingerprint density at radius 1 is 1.08 bits per heavy atom. The summed E-state index contributed by atoms with van der Waals surface area (Å²) in [6.45, 7) is 0.815. The van der Waals surface area contributed by atoms with Crippen LogP contribution in [0.3, 0.4) is 0 Å². The van der Waals surface area contributed by atoms with Gasteiger partial charge in [-0.25, -0.2) is 4.39 Å². The Balaban J connectivity index is 1.59. The molecule has 0 spiro atoms. The third kappa shape index (κ3) is 3.50. The molecule has 1 amide bonds. The standard InChI is InChI=1S/C20H25FN4O/c21-17-11-10-15(22-20(26)14-7-3-1-4-8-14)13-16(17)19-24-23-18-9-5-2-6-12-25(18)19/h10-11,13-14H,1-9,12H2,(H,22,26). The maximum Gasteiger partial charge on any atom is 0.227 e. The molecule has 0 saturated heterocycles. The molecule has 26 heavy (non-hydrogen) atoms. The number of benzene rings is 1. The summed E-state index contributed by atoms with van der Waals surface area (Å²) in [4.78, 5) is 12.5. The lowest BCUT2D eigenvalue weighted by Crippen LogP contribution is -2.24. The highest BCUT2D eigenvalue weighted by Gasteiger charge is 2.22. The molecule has 2 aliphatic rings. The summed E-state index contributed by atoms with van der Waals surface area (Å²) in [5, 5.41) is 11.5. The number of nitrogens with zero attached hydrogens (tertiary/aromatic N) is 3. The number of hydrogen-bond donors (Lipinski definition) is 1. The summed E-state index contributed by atoms with van der Waals surface area (Å²) in [6.07, 6.45) is 9.50. The number of hydrogen-bond acceptors (Lipinski definition) is 3. The lowest BCUT2D eigenvalue weighted by atomic mass is 9.88. The normalized spacial score (nSPS) is 18.2. The van der Waals surface area contributed by atoms with Crippen LogP contribution in [0, 0.1) is 11.7 Å². The second kappa shape index (κ2) is 7.56. The largest absolute Gasteiger partial charge is 0.326 e. The van der Waals surface area contributed by atoms with E-state index in [1.54, 1.807) is 12.1 Å². The van der Waals surface area contributed by atoms with Gasteiger partial charge in [-0.2, -0.15) is 0 Å². The molecule has 4 rings (SSSR count). The first kappa shape index (κ1) is 17.2. The van der Waals surface area contributed by atoms with Crippen molar-refractivity contribution in [3.63, 3.8) is 0 Å². The first-order valence-electron chi connectivity index (χ1n) is 9.75. The molecule has 1 fully saturated rings. The van der Waals surface area contributed by atoms with Crippen LogP contribution >= 0.6 is 0 Å². The minimum atomic E-state index is -0.333. The molecular weight excluding hydrogens is 331 g/mol. The van der Waals surface area contributed by atoms with Crippen molar-refractivity contribution < 1.29 is 9.18 Å². The van der Waals surface area contributed by atoms with E-state index in [2.05, 4.69) is 15.5 Å². The lowest BCUT2D eigenvalue weighted by Gasteiger charge is -2.21. The number of anilines is 1. The van der Waals surface area contributed by atoms with Crippen LogP contribution in [0.25, 0.3) is 11.4 Å². The molecule has 6 heteroatoms. The SMILES string of the molecule is O=C(Nc1ccc(F)c(-c2nnc3n2CCCCC3)c1)C1CCCCC1. The summed E-state index contributed by atoms with van der Waals surface area (Å²) in [6, 6.07) is 4.72. The molecule has 2 aromatic rings. The minimum absolute atomic E-state index is 0.0438. The lowest BCUT2D eigenvalue weighted by molar-refractivity contribution is -0.120. The molecule has 2 heterocycles. The van der Waals surface area contributed by atoms with E-state index in [1.165, 1.54) is 12.5 Å². The second-order valence-electron chi connectivity index (χ2n) is 7.42. The maximum absolute atomic E-state index is 14.5. The van der Waals surface area contributed by atoms with Crippen molar-refractivity contribution in [2.75, 3.05) is 5.32 Å². The Hall–Kier alpha value is -2.24. The van der Waals surface area contributed by atoms with E-state index < -0.39 is 0 Å². The van der Waals surface area contributed by atoms with Crippen LogP contribution in [0.5, 0.6) is 0 Å². The fourth-order valence-corrected chi connectivity index (χ4v) is 4.07. The van der Waals surface area contributed by atoms with Crippen LogP contribution in [-0.4, -0.2) is 20.7 Å². The van der Waals surface area contributed by atoms with Crippen LogP contribution in [0.1, 0.15) is 57.2 Å². The number of halogens is 1. The van der Waals surface area contributed by atoms with Gasteiger partial charge in [0, 0.05) is 24.6 Å². The molecule has 0 bridgehead atoms. The Kier molecular flexibility index (Phi) is 5.00. The van der Waals surface area contributed by atoms with Gasteiger partial charge in [-0.15, -0.1) is 10.2 Å². The zero-order valence-corrected chi connectivity index (χ0v) is 15.0. The number of nitrogens with one attached hydrogen (secondary N) is 1. The van der Waals surface area contributed by atoms with Gasteiger partial charge < -0.3 is 9.88 Å². The second-order valence-corrected chi connectivity index (χ2v) is 7.42. The van der Waals surface area contributed by atoms with E-state index in [4.69, 9.17) is 0 Å². The van der Waals surface area contributed by atoms with Crippen LogP contribution in [0.2, 0.25) is 0 Å². The van der Waals surface area contributed by atoms with Gasteiger partial charge in [0.25, 0.3) is 0 Å². The predicted molar refractivity (Wildman–Crippen MR) is 98.2 cm³/mol. The van der Waals surface area contributed by atoms with Crippen LogP contribution in [0.15, 0.2) is 18.2 Å². The molecule has 1 aliphatic carbocycles. The highest BCUT2D eigenvalue weighted by atomic mass is 19.1. The maximum atomic E-state index is 14.5. The average Bonchev–Trinajstić information content (AvgIpc) is 2.92. The van der Waals surface area contributed by atoms with Gasteiger partial charge in [-0.05, 0) is 43.9 Å². The zero-order chi connectivity index (χ0) is 17.9. The van der Waals surface area contributed by atoms with Crippen molar-refractivity contribution in [3.05, 3.63) is 29.8 Å². The first-order valence-corrected chi connectivity index (χ1v) is 9.75. The Bertz CT molecular complexity index is 795. The number of fused-ring (bicyclic) bond motifs is 1. The van der Waals surface area contributed by atoms with Crippen molar-refractivity contribution in [1.82, 2.24) is 14.8 Å². The number of carbonyl (C=O) groups excluding carboxylic acids is 1. The topological polar surface area (TPSA) is 59.8 Å². The summed E-state index contributed by atoms with van der Waals surface area (Å²) >= 11 is 0. The van der Waals surface area contributed by atoms with Gasteiger partial charge in [-0.1, -0.05) is 25.7 Å². The molecule has 5 nitrogen and oxygen atoms in total. The molecule has 1 aliphatic heterocycles. The van der Waals surface area contributed by atoms with E-state index >= 15 is 0 Å².